The molecular formula is C24H28F2N2. The molecule has 0 saturated carbocycles. The molecule has 0 amide bonds. The van der Waals surface area contributed by atoms with Crippen LogP contribution in [0.5, 0.6) is 0 Å². The lowest BCUT2D eigenvalue weighted by atomic mass is 10.0. The molecule has 0 aliphatic carbocycles. The Hall–Kier alpha value is -2.46. The molecule has 0 saturated heterocycles. The van der Waals surface area contributed by atoms with E-state index in [-0.39, 0.29) is 11.6 Å². The van der Waals surface area contributed by atoms with Crippen LogP contribution in [0.15, 0.2) is 66.9 Å². The van der Waals surface area contributed by atoms with Crippen molar-refractivity contribution in [1.82, 2.24) is 9.47 Å². The van der Waals surface area contributed by atoms with Crippen molar-refractivity contribution in [2.24, 2.45) is 5.92 Å². The van der Waals surface area contributed by atoms with Crippen molar-refractivity contribution in [3.05, 3.63) is 95.3 Å². The topological polar surface area (TPSA) is 8.17 Å². The Morgan fingerprint density at radius 2 is 1.36 bits per heavy atom. The van der Waals surface area contributed by atoms with E-state index >= 15 is 0 Å². The number of halogens is 2. The Labute approximate surface area is 166 Å². The van der Waals surface area contributed by atoms with Gasteiger partial charge in [-0.25, -0.2) is 8.78 Å². The molecule has 3 rings (SSSR count). The van der Waals surface area contributed by atoms with E-state index in [2.05, 4.69) is 48.6 Å². The van der Waals surface area contributed by atoms with E-state index in [9.17, 15) is 8.78 Å². The molecule has 1 atom stereocenters. The van der Waals surface area contributed by atoms with Gasteiger partial charge in [-0.05, 0) is 60.4 Å². The summed E-state index contributed by atoms with van der Waals surface area (Å²) in [5, 5.41) is 0. The number of benzene rings is 2. The highest BCUT2D eigenvalue weighted by Crippen LogP contribution is 2.19. The molecule has 0 radical (unpaired) electrons. The third-order valence-corrected chi connectivity index (χ3v) is 5.39. The minimum atomic E-state index is -0.215. The number of nitrogens with zero attached hydrogens (tertiary/aromatic N) is 2. The van der Waals surface area contributed by atoms with Crippen molar-refractivity contribution in [2.75, 3.05) is 0 Å². The van der Waals surface area contributed by atoms with Crippen LogP contribution in [0.3, 0.4) is 0 Å². The quantitative estimate of drug-likeness (QED) is 0.474. The van der Waals surface area contributed by atoms with Crippen LogP contribution in [0.1, 0.15) is 37.6 Å². The molecule has 1 aromatic heterocycles. The van der Waals surface area contributed by atoms with Gasteiger partial charge < -0.3 is 4.57 Å². The van der Waals surface area contributed by atoms with Gasteiger partial charge in [0, 0.05) is 37.6 Å². The molecular weight excluding hydrogens is 354 g/mol. The van der Waals surface area contributed by atoms with E-state index in [1.165, 1.54) is 30.0 Å². The number of aromatic nitrogens is 1. The van der Waals surface area contributed by atoms with Gasteiger partial charge in [0.15, 0.2) is 0 Å². The first-order valence-corrected chi connectivity index (χ1v) is 9.79. The second-order valence-electron chi connectivity index (χ2n) is 7.77. The Morgan fingerprint density at radius 1 is 0.786 bits per heavy atom. The first kappa shape index (κ1) is 20.3. The van der Waals surface area contributed by atoms with E-state index in [4.69, 9.17) is 0 Å². The predicted octanol–water partition coefficient (Wildman–Crippen LogP) is 5.86. The van der Waals surface area contributed by atoms with Gasteiger partial charge in [-0.3, -0.25) is 4.90 Å². The fourth-order valence-corrected chi connectivity index (χ4v) is 3.33. The van der Waals surface area contributed by atoms with Crippen LogP contribution in [0, 0.1) is 17.6 Å². The second kappa shape index (κ2) is 9.16. The van der Waals surface area contributed by atoms with Crippen molar-refractivity contribution in [2.45, 2.75) is 46.4 Å². The minimum absolute atomic E-state index is 0.208. The van der Waals surface area contributed by atoms with Crippen LogP contribution in [0.4, 0.5) is 8.78 Å². The van der Waals surface area contributed by atoms with E-state index in [0.29, 0.717) is 18.5 Å². The molecule has 0 aliphatic rings. The molecule has 0 bridgehead atoms. The third-order valence-electron chi connectivity index (χ3n) is 5.39. The fourth-order valence-electron chi connectivity index (χ4n) is 3.33. The Bertz CT molecular complexity index is 866. The van der Waals surface area contributed by atoms with Crippen molar-refractivity contribution in [3.63, 3.8) is 0 Å². The van der Waals surface area contributed by atoms with Gasteiger partial charge in [0.2, 0.25) is 0 Å². The van der Waals surface area contributed by atoms with Crippen LogP contribution >= 0.6 is 0 Å². The largest absolute Gasteiger partial charge is 0.346 e. The van der Waals surface area contributed by atoms with Crippen LogP contribution in [-0.4, -0.2) is 15.5 Å². The van der Waals surface area contributed by atoms with Gasteiger partial charge in [-0.1, -0.05) is 38.1 Å². The average Bonchev–Trinajstić information content (AvgIpc) is 3.11. The highest BCUT2D eigenvalue weighted by atomic mass is 19.1. The summed E-state index contributed by atoms with van der Waals surface area (Å²) in [7, 11) is 0. The van der Waals surface area contributed by atoms with Gasteiger partial charge in [-0.2, -0.15) is 0 Å². The summed E-state index contributed by atoms with van der Waals surface area (Å²) in [6.45, 7) is 8.95. The maximum Gasteiger partial charge on any atom is 0.123 e. The monoisotopic (exact) mass is 382 g/mol. The summed E-state index contributed by atoms with van der Waals surface area (Å²) < 4.78 is 28.6. The smallest absolute Gasteiger partial charge is 0.123 e. The van der Waals surface area contributed by atoms with Crippen molar-refractivity contribution in [3.8, 4) is 0 Å². The first-order chi connectivity index (χ1) is 13.4. The molecule has 2 aromatic carbocycles. The van der Waals surface area contributed by atoms with Crippen LogP contribution in [-0.2, 0) is 19.6 Å². The number of rotatable bonds is 8. The van der Waals surface area contributed by atoms with E-state index in [1.54, 1.807) is 0 Å². The summed E-state index contributed by atoms with van der Waals surface area (Å²) in [5.41, 5.74) is 3.38. The van der Waals surface area contributed by atoms with Gasteiger partial charge in [0.25, 0.3) is 0 Å². The van der Waals surface area contributed by atoms with Gasteiger partial charge >= 0.3 is 0 Å². The van der Waals surface area contributed by atoms with Crippen molar-refractivity contribution in [1.29, 1.82) is 0 Å². The van der Waals surface area contributed by atoms with E-state index in [0.717, 1.165) is 24.2 Å². The van der Waals surface area contributed by atoms with E-state index in [1.807, 2.05) is 24.3 Å². The SMILES string of the molecule is CC(C)[C@@H](C)N(Cc1ccc(F)cc1)Cc1cccn1Cc1ccc(F)cc1. The highest BCUT2D eigenvalue weighted by Gasteiger charge is 2.19. The lowest BCUT2D eigenvalue weighted by Gasteiger charge is -2.32. The molecule has 0 spiro atoms. The minimum Gasteiger partial charge on any atom is -0.346 e. The maximum atomic E-state index is 13.3. The lowest BCUT2D eigenvalue weighted by molar-refractivity contribution is 0.148. The summed E-state index contributed by atoms with van der Waals surface area (Å²) in [6.07, 6.45) is 2.06. The fraction of sp³-hybridized carbons (Fsp3) is 0.333. The Balaban J connectivity index is 1.78. The number of hydrogen-bond donors (Lipinski definition) is 0. The lowest BCUT2D eigenvalue weighted by Crippen LogP contribution is -2.36. The Morgan fingerprint density at radius 3 is 1.93 bits per heavy atom. The molecule has 0 fully saturated rings. The summed E-state index contributed by atoms with van der Waals surface area (Å²) in [6, 6.07) is 18.0. The highest BCUT2D eigenvalue weighted by molar-refractivity contribution is 5.19. The molecule has 4 heteroatoms. The van der Waals surface area contributed by atoms with Crippen LogP contribution in [0.25, 0.3) is 0 Å². The molecule has 2 nitrogen and oxygen atoms in total. The molecule has 28 heavy (non-hydrogen) atoms. The molecule has 3 aromatic rings. The zero-order valence-electron chi connectivity index (χ0n) is 16.8. The molecule has 0 N–H and O–H groups in total. The van der Waals surface area contributed by atoms with E-state index < -0.39 is 0 Å². The average molecular weight is 382 g/mol. The first-order valence-electron chi connectivity index (χ1n) is 9.79. The maximum absolute atomic E-state index is 13.3. The molecule has 1 heterocycles. The van der Waals surface area contributed by atoms with Gasteiger partial charge in [-0.15, -0.1) is 0 Å². The van der Waals surface area contributed by atoms with Crippen LogP contribution in [0.2, 0.25) is 0 Å². The standard InChI is InChI=1S/C24H28F2N2/c1-18(2)19(3)28(16-21-8-12-23(26)13-9-21)17-24-5-4-14-27(24)15-20-6-10-22(25)11-7-20/h4-14,18-19H,15-17H2,1-3H3/t19-/m1/s1. The van der Waals surface area contributed by atoms with Gasteiger partial charge in [0.05, 0.1) is 0 Å². The predicted molar refractivity (Wildman–Crippen MR) is 110 cm³/mol. The zero-order chi connectivity index (χ0) is 20.1. The second-order valence-corrected chi connectivity index (χ2v) is 7.77. The summed E-state index contributed by atoms with van der Waals surface area (Å²) in [5.74, 6) is 0.0778. The normalized spacial score (nSPS) is 12.7. The summed E-state index contributed by atoms with van der Waals surface area (Å²) in [4.78, 5) is 2.42. The Kier molecular flexibility index (Phi) is 6.63. The van der Waals surface area contributed by atoms with Crippen LogP contribution < -0.4 is 0 Å². The zero-order valence-corrected chi connectivity index (χ0v) is 16.8. The van der Waals surface area contributed by atoms with Crippen molar-refractivity contribution >= 4 is 0 Å². The molecule has 148 valence electrons. The molecule has 0 unspecified atom stereocenters. The van der Waals surface area contributed by atoms with Crippen molar-refractivity contribution < 1.29 is 8.78 Å². The number of hydrogen-bond acceptors (Lipinski definition) is 1. The van der Waals surface area contributed by atoms with Gasteiger partial charge in [0.1, 0.15) is 11.6 Å². The molecule has 0 aliphatic heterocycles. The third kappa shape index (κ3) is 5.29. The summed E-state index contributed by atoms with van der Waals surface area (Å²) >= 11 is 0.